The van der Waals surface area contributed by atoms with E-state index in [0.717, 1.165) is 16.3 Å². The molecule has 140 valence electrons. The first-order chi connectivity index (χ1) is 12.9. The molecule has 0 aliphatic heterocycles. The van der Waals surface area contributed by atoms with Crippen molar-refractivity contribution < 1.29 is 14.3 Å². The molecular formula is C19H18ClN3O3S. The van der Waals surface area contributed by atoms with Gasteiger partial charge in [-0.3, -0.25) is 9.59 Å². The number of esters is 1. The van der Waals surface area contributed by atoms with E-state index in [1.165, 1.54) is 11.3 Å². The second-order valence-corrected chi connectivity index (χ2v) is 7.68. The van der Waals surface area contributed by atoms with Crippen LogP contribution in [0.25, 0.3) is 5.69 Å². The van der Waals surface area contributed by atoms with Crippen molar-refractivity contribution >= 4 is 40.5 Å². The summed E-state index contributed by atoms with van der Waals surface area (Å²) in [6.45, 7) is 3.33. The Bertz CT molecular complexity index is 966. The number of anilines is 1. The smallest absolute Gasteiger partial charge is 0.311 e. The number of carbonyl (C=O) groups is 2. The van der Waals surface area contributed by atoms with Crippen LogP contribution in [0.5, 0.6) is 0 Å². The van der Waals surface area contributed by atoms with E-state index in [1.54, 1.807) is 16.8 Å². The maximum Gasteiger partial charge on any atom is 0.311 e. The van der Waals surface area contributed by atoms with Crippen molar-refractivity contribution in [2.24, 2.45) is 0 Å². The summed E-state index contributed by atoms with van der Waals surface area (Å²) in [5, 5.41) is 7.24. The molecule has 0 aliphatic rings. The molecular weight excluding hydrogens is 386 g/mol. The van der Waals surface area contributed by atoms with E-state index < -0.39 is 11.9 Å². The molecule has 1 N–H and O–H groups in total. The number of thiophene rings is 1. The molecule has 1 amide bonds. The molecule has 0 saturated carbocycles. The van der Waals surface area contributed by atoms with Crippen molar-refractivity contribution in [3.05, 3.63) is 63.1 Å². The summed E-state index contributed by atoms with van der Waals surface area (Å²) in [5.41, 5.74) is 3.00. The molecule has 0 radical (unpaired) electrons. The first-order valence-corrected chi connectivity index (χ1v) is 9.45. The molecule has 1 aromatic carbocycles. The molecule has 0 bridgehead atoms. The SMILES string of the molecule is Cc1nn(-c2ccccc2)c(C)c1NC(=O)COC(=O)Cc1ccc(Cl)s1. The van der Waals surface area contributed by atoms with Crippen molar-refractivity contribution in [1.29, 1.82) is 0 Å². The van der Waals surface area contributed by atoms with Gasteiger partial charge in [-0.25, -0.2) is 4.68 Å². The van der Waals surface area contributed by atoms with E-state index in [4.69, 9.17) is 16.3 Å². The topological polar surface area (TPSA) is 73.2 Å². The molecule has 3 aromatic rings. The minimum atomic E-state index is -0.475. The molecule has 0 aliphatic carbocycles. The third-order valence-electron chi connectivity index (χ3n) is 3.87. The summed E-state index contributed by atoms with van der Waals surface area (Å²) in [6.07, 6.45) is 0.0919. The Balaban J connectivity index is 1.59. The number of hydrogen-bond acceptors (Lipinski definition) is 5. The van der Waals surface area contributed by atoms with Crippen LogP contribution in [0.3, 0.4) is 0 Å². The Morgan fingerprint density at radius 3 is 2.59 bits per heavy atom. The molecule has 3 rings (SSSR count). The number of aryl methyl sites for hydroxylation is 1. The van der Waals surface area contributed by atoms with Crippen molar-refractivity contribution in [3.63, 3.8) is 0 Å². The first-order valence-electron chi connectivity index (χ1n) is 8.25. The Hall–Kier alpha value is -2.64. The van der Waals surface area contributed by atoms with Gasteiger partial charge in [0, 0.05) is 4.88 Å². The number of aromatic nitrogens is 2. The van der Waals surface area contributed by atoms with Gasteiger partial charge in [-0.05, 0) is 38.1 Å². The van der Waals surface area contributed by atoms with Crippen LogP contribution in [-0.2, 0) is 20.7 Å². The van der Waals surface area contributed by atoms with Crippen LogP contribution in [-0.4, -0.2) is 28.3 Å². The predicted octanol–water partition coefficient (Wildman–Crippen LogP) is 3.93. The molecule has 2 heterocycles. The number of amides is 1. The van der Waals surface area contributed by atoms with Crippen molar-refractivity contribution in [2.45, 2.75) is 20.3 Å². The average Bonchev–Trinajstić information content (AvgIpc) is 3.18. The van der Waals surface area contributed by atoms with Gasteiger partial charge in [0.2, 0.25) is 0 Å². The van der Waals surface area contributed by atoms with Gasteiger partial charge in [0.1, 0.15) is 0 Å². The minimum absolute atomic E-state index is 0.0919. The summed E-state index contributed by atoms with van der Waals surface area (Å²) in [4.78, 5) is 24.8. The first kappa shape index (κ1) is 19.1. The Morgan fingerprint density at radius 2 is 1.93 bits per heavy atom. The van der Waals surface area contributed by atoms with Gasteiger partial charge < -0.3 is 10.1 Å². The van der Waals surface area contributed by atoms with Gasteiger partial charge in [-0.1, -0.05) is 29.8 Å². The van der Waals surface area contributed by atoms with E-state index in [0.29, 0.717) is 15.7 Å². The van der Waals surface area contributed by atoms with Crippen LogP contribution in [0, 0.1) is 13.8 Å². The highest BCUT2D eigenvalue weighted by Gasteiger charge is 2.16. The van der Waals surface area contributed by atoms with Crippen molar-refractivity contribution in [2.75, 3.05) is 11.9 Å². The fraction of sp³-hybridized carbons (Fsp3) is 0.211. The average molecular weight is 404 g/mol. The second-order valence-electron chi connectivity index (χ2n) is 5.88. The quantitative estimate of drug-likeness (QED) is 0.633. The predicted molar refractivity (Wildman–Crippen MR) is 106 cm³/mol. The van der Waals surface area contributed by atoms with Gasteiger partial charge in [0.25, 0.3) is 5.91 Å². The molecule has 2 aromatic heterocycles. The molecule has 6 nitrogen and oxygen atoms in total. The number of rotatable bonds is 6. The van der Waals surface area contributed by atoms with E-state index in [-0.39, 0.29) is 13.0 Å². The molecule has 0 saturated heterocycles. The third-order valence-corrected chi connectivity index (χ3v) is 5.10. The number of nitrogens with one attached hydrogen (secondary N) is 1. The largest absolute Gasteiger partial charge is 0.455 e. The van der Waals surface area contributed by atoms with Gasteiger partial charge in [-0.2, -0.15) is 5.10 Å². The summed E-state index contributed by atoms with van der Waals surface area (Å²) < 4.78 is 7.42. The van der Waals surface area contributed by atoms with Crippen LogP contribution in [0.2, 0.25) is 4.34 Å². The summed E-state index contributed by atoms with van der Waals surface area (Å²) in [7, 11) is 0. The van der Waals surface area contributed by atoms with E-state index in [9.17, 15) is 9.59 Å². The lowest BCUT2D eigenvalue weighted by molar-refractivity contribution is -0.146. The Labute approximate surface area is 165 Å². The van der Waals surface area contributed by atoms with Gasteiger partial charge in [-0.15, -0.1) is 11.3 Å². The van der Waals surface area contributed by atoms with Crippen LogP contribution in [0.1, 0.15) is 16.3 Å². The van der Waals surface area contributed by atoms with Crippen LogP contribution < -0.4 is 5.32 Å². The van der Waals surface area contributed by atoms with Crippen molar-refractivity contribution in [1.82, 2.24) is 9.78 Å². The number of para-hydroxylation sites is 1. The third kappa shape index (κ3) is 4.75. The molecule has 8 heteroatoms. The van der Waals surface area contributed by atoms with Gasteiger partial charge in [0.15, 0.2) is 6.61 Å². The maximum absolute atomic E-state index is 12.2. The number of nitrogens with zero attached hydrogens (tertiary/aromatic N) is 2. The number of ether oxygens (including phenoxy) is 1. The number of benzene rings is 1. The second kappa shape index (κ2) is 8.37. The van der Waals surface area contributed by atoms with Crippen molar-refractivity contribution in [3.8, 4) is 5.69 Å². The van der Waals surface area contributed by atoms with E-state index in [2.05, 4.69) is 10.4 Å². The van der Waals surface area contributed by atoms with E-state index >= 15 is 0 Å². The summed E-state index contributed by atoms with van der Waals surface area (Å²) >= 11 is 7.14. The fourth-order valence-corrected chi connectivity index (χ4v) is 3.68. The van der Waals surface area contributed by atoms with Crippen LogP contribution in [0.4, 0.5) is 5.69 Å². The minimum Gasteiger partial charge on any atom is -0.455 e. The maximum atomic E-state index is 12.2. The number of halogens is 1. The Kier molecular flexibility index (Phi) is 5.93. The molecule has 27 heavy (non-hydrogen) atoms. The Morgan fingerprint density at radius 1 is 1.19 bits per heavy atom. The molecule has 0 spiro atoms. The highest BCUT2D eigenvalue weighted by Crippen LogP contribution is 2.23. The normalized spacial score (nSPS) is 10.6. The lowest BCUT2D eigenvalue weighted by Crippen LogP contribution is -2.22. The number of carbonyl (C=O) groups excluding carboxylic acids is 2. The highest BCUT2D eigenvalue weighted by atomic mass is 35.5. The standard InChI is InChI=1S/C19H18ClN3O3S/c1-12-19(13(2)23(22-12)14-6-4-3-5-7-14)21-17(24)11-26-18(25)10-15-8-9-16(20)27-15/h3-9H,10-11H2,1-2H3,(H,21,24). The van der Waals surface area contributed by atoms with Gasteiger partial charge >= 0.3 is 5.97 Å². The fourth-order valence-electron chi connectivity index (χ4n) is 2.61. The van der Waals surface area contributed by atoms with E-state index in [1.807, 2.05) is 44.2 Å². The lowest BCUT2D eigenvalue weighted by Gasteiger charge is -2.08. The zero-order valence-electron chi connectivity index (χ0n) is 14.9. The number of hydrogen-bond donors (Lipinski definition) is 1. The van der Waals surface area contributed by atoms with Crippen LogP contribution >= 0.6 is 22.9 Å². The van der Waals surface area contributed by atoms with Gasteiger partial charge in [0.05, 0.1) is 33.5 Å². The zero-order valence-corrected chi connectivity index (χ0v) is 16.4. The highest BCUT2D eigenvalue weighted by molar-refractivity contribution is 7.16. The molecule has 0 atom stereocenters. The van der Waals surface area contributed by atoms with Crippen LogP contribution in [0.15, 0.2) is 42.5 Å². The summed E-state index contributed by atoms with van der Waals surface area (Å²) in [6, 6.07) is 13.1. The summed E-state index contributed by atoms with van der Waals surface area (Å²) in [5.74, 6) is -0.886. The monoisotopic (exact) mass is 403 g/mol. The molecule has 0 fully saturated rings. The lowest BCUT2D eigenvalue weighted by atomic mass is 10.3. The zero-order chi connectivity index (χ0) is 19.4. The molecule has 0 unspecified atom stereocenters.